The second-order valence-electron chi connectivity index (χ2n) is 3.18. The Morgan fingerprint density at radius 3 is 2.58 bits per heavy atom. The summed E-state index contributed by atoms with van der Waals surface area (Å²) in [6.45, 7) is 0. The molecule has 0 bridgehead atoms. The normalized spacial score (nSPS) is 31.8. The first-order valence-electron chi connectivity index (χ1n) is 3.95. The molecule has 12 heavy (non-hydrogen) atoms. The van der Waals surface area contributed by atoms with Crippen molar-refractivity contribution in [1.82, 2.24) is 4.72 Å². The zero-order valence-corrected chi connectivity index (χ0v) is 7.55. The molecule has 0 aliphatic heterocycles. The Morgan fingerprint density at radius 1 is 1.42 bits per heavy atom. The second-order valence-corrected chi connectivity index (χ2v) is 4.51. The molecule has 4 N–H and O–H groups in total. The minimum absolute atomic E-state index is 0.191. The maximum atomic E-state index is 10.6. The second kappa shape index (κ2) is 3.69. The van der Waals surface area contributed by atoms with Crippen LogP contribution in [0.4, 0.5) is 0 Å². The van der Waals surface area contributed by atoms with Crippen molar-refractivity contribution in [2.45, 2.75) is 37.8 Å². The maximum Gasteiger partial charge on any atom is 0.274 e. The van der Waals surface area contributed by atoms with E-state index >= 15 is 0 Å². The van der Waals surface area contributed by atoms with Crippen molar-refractivity contribution >= 4 is 10.2 Å². The predicted octanol–water partition coefficient (Wildman–Crippen LogP) is -0.917. The SMILES string of the molecule is NS(=O)(=O)N[C@H]1CCC[C@@H](O)C1. The third-order valence-corrected chi connectivity index (χ3v) is 2.64. The molecule has 0 saturated heterocycles. The molecule has 0 aromatic rings. The molecule has 1 fully saturated rings. The molecule has 0 spiro atoms. The molecule has 5 nitrogen and oxygen atoms in total. The van der Waals surface area contributed by atoms with Gasteiger partial charge in [-0.15, -0.1) is 0 Å². The highest BCUT2D eigenvalue weighted by molar-refractivity contribution is 7.87. The van der Waals surface area contributed by atoms with Crippen molar-refractivity contribution in [3.63, 3.8) is 0 Å². The number of hydrogen-bond acceptors (Lipinski definition) is 3. The Hall–Kier alpha value is -0.170. The van der Waals surface area contributed by atoms with Crippen molar-refractivity contribution in [2.75, 3.05) is 0 Å². The zero-order valence-electron chi connectivity index (χ0n) is 6.73. The van der Waals surface area contributed by atoms with Crippen LogP contribution in [0, 0.1) is 0 Å². The third-order valence-electron chi connectivity index (χ3n) is 1.98. The first-order chi connectivity index (χ1) is 5.47. The van der Waals surface area contributed by atoms with Crippen LogP contribution in [0.2, 0.25) is 0 Å². The number of aliphatic hydroxyl groups is 1. The van der Waals surface area contributed by atoms with Gasteiger partial charge in [0.05, 0.1) is 6.10 Å². The summed E-state index contributed by atoms with van der Waals surface area (Å²) < 4.78 is 23.5. The molecule has 0 radical (unpaired) electrons. The van der Waals surface area contributed by atoms with E-state index in [0.29, 0.717) is 6.42 Å². The van der Waals surface area contributed by atoms with E-state index in [2.05, 4.69) is 4.72 Å². The van der Waals surface area contributed by atoms with E-state index in [1.165, 1.54) is 0 Å². The molecule has 1 rings (SSSR count). The first kappa shape index (κ1) is 9.91. The van der Waals surface area contributed by atoms with Gasteiger partial charge in [0.1, 0.15) is 0 Å². The Bertz CT molecular complexity index is 239. The highest BCUT2D eigenvalue weighted by Gasteiger charge is 2.22. The number of nitrogens with one attached hydrogen (secondary N) is 1. The van der Waals surface area contributed by atoms with Crippen LogP contribution < -0.4 is 9.86 Å². The molecule has 72 valence electrons. The Balaban J connectivity index is 2.43. The number of aliphatic hydroxyl groups excluding tert-OH is 1. The van der Waals surface area contributed by atoms with Gasteiger partial charge < -0.3 is 5.11 Å². The standard InChI is InChI=1S/C6H14N2O3S/c7-12(10,11)8-5-2-1-3-6(9)4-5/h5-6,8-9H,1-4H2,(H2,7,10,11)/t5-,6+/m0/s1. The maximum absolute atomic E-state index is 10.6. The van der Waals surface area contributed by atoms with E-state index in [4.69, 9.17) is 5.14 Å². The topological polar surface area (TPSA) is 92.4 Å². The van der Waals surface area contributed by atoms with Crippen molar-refractivity contribution in [2.24, 2.45) is 5.14 Å². The molecule has 0 amide bonds. The van der Waals surface area contributed by atoms with Crippen molar-refractivity contribution in [3.05, 3.63) is 0 Å². The summed E-state index contributed by atoms with van der Waals surface area (Å²) in [7, 11) is -3.61. The molecule has 1 saturated carbocycles. The van der Waals surface area contributed by atoms with Gasteiger partial charge >= 0.3 is 0 Å². The van der Waals surface area contributed by atoms with Gasteiger partial charge in [0.25, 0.3) is 10.2 Å². The number of nitrogens with two attached hydrogens (primary N) is 1. The van der Waals surface area contributed by atoms with Crippen molar-refractivity contribution in [1.29, 1.82) is 0 Å². The molecule has 0 aromatic heterocycles. The number of hydrogen-bond donors (Lipinski definition) is 3. The molecule has 0 heterocycles. The van der Waals surface area contributed by atoms with Crippen LogP contribution in [0.5, 0.6) is 0 Å². The van der Waals surface area contributed by atoms with Gasteiger partial charge in [0, 0.05) is 6.04 Å². The van der Waals surface area contributed by atoms with Crippen LogP contribution in [-0.2, 0) is 10.2 Å². The highest BCUT2D eigenvalue weighted by Crippen LogP contribution is 2.18. The lowest BCUT2D eigenvalue weighted by Gasteiger charge is -2.25. The summed E-state index contributed by atoms with van der Waals surface area (Å²) >= 11 is 0. The fraction of sp³-hybridized carbons (Fsp3) is 1.00. The van der Waals surface area contributed by atoms with Crippen LogP contribution >= 0.6 is 0 Å². The lowest BCUT2D eigenvalue weighted by Crippen LogP contribution is -2.42. The van der Waals surface area contributed by atoms with Crippen molar-refractivity contribution in [3.8, 4) is 0 Å². The molecule has 0 aromatic carbocycles. The van der Waals surface area contributed by atoms with Gasteiger partial charge in [-0.2, -0.15) is 13.1 Å². The fourth-order valence-corrected chi connectivity index (χ4v) is 2.18. The first-order valence-corrected chi connectivity index (χ1v) is 5.50. The number of rotatable bonds is 2. The minimum Gasteiger partial charge on any atom is -0.393 e. The summed E-state index contributed by atoms with van der Waals surface area (Å²) in [4.78, 5) is 0. The van der Waals surface area contributed by atoms with Crippen LogP contribution in [0.1, 0.15) is 25.7 Å². The third kappa shape index (κ3) is 3.48. The van der Waals surface area contributed by atoms with Crippen LogP contribution in [0.15, 0.2) is 0 Å². The largest absolute Gasteiger partial charge is 0.393 e. The molecular formula is C6H14N2O3S. The average Bonchev–Trinajstić information content (AvgIpc) is 1.82. The zero-order chi connectivity index (χ0) is 9.19. The summed E-state index contributed by atoms with van der Waals surface area (Å²) in [6.07, 6.45) is 2.43. The van der Waals surface area contributed by atoms with Gasteiger partial charge in [-0.25, -0.2) is 5.14 Å². The molecule has 2 atom stereocenters. The van der Waals surface area contributed by atoms with E-state index in [1.54, 1.807) is 0 Å². The smallest absolute Gasteiger partial charge is 0.274 e. The summed E-state index contributed by atoms with van der Waals surface area (Å²) in [6, 6.07) is -0.191. The fourth-order valence-electron chi connectivity index (χ4n) is 1.50. The monoisotopic (exact) mass is 194 g/mol. The van der Waals surface area contributed by atoms with E-state index in [1.807, 2.05) is 0 Å². The molecule has 0 unspecified atom stereocenters. The van der Waals surface area contributed by atoms with E-state index in [-0.39, 0.29) is 6.04 Å². The summed E-state index contributed by atoms with van der Waals surface area (Å²) in [5, 5.41) is 14.0. The Morgan fingerprint density at radius 2 is 2.08 bits per heavy atom. The lowest BCUT2D eigenvalue weighted by molar-refractivity contribution is 0.117. The van der Waals surface area contributed by atoms with Gasteiger partial charge in [0.2, 0.25) is 0 Å². The Labute approximate surface area is 72.1 Å². The van der Waals surface area contributed by atoms with Gasteiger partial charge in [-0.05, 0) is 25.7 Å². The van der Waals surface area contributed by atoms with Gasteiger partial charge in [-0.3, -0.25) is 0 Å². The van der Waals surface area contributed by atoms with E-state index in [9.17, 15) is 13.5 Å². The quantitative estimate of drug-likeness (QED) is 0.531. The molecule has 1 aliphatic carbocycles. The van der Waals surface area contributed by atoms with E-state index in [0.717, 1.165) is 19.3 Å². The molecule has 6 heteroatoms. The summed E-state index contributed by atoms with van der Waals surface area (Å²) in [5.74, 6) is 0. The van der Waals surface area contributed by atoms with Crippen LogP contribution in [0.3, 0.4) is 0 Å². The molecular weight excluding hydrogens is 180 g/mol. The van der Waals surface area contributed by atoms with E-state index < -0.39 is 16.3 Å². The van der Waals surface area contributed by atoms with Crippen molar-refractivity contribution < 1.29 is 13.5 Å². The van der Waals surface area contributed by atoms with Crippen LogP contribution in [0.25, 0.3) is 0 Å². The molecule has 1 aliphatic rings. The average molecular weight is 194 g/mol. The Kier molecular flexibility index (Phi) is 3.05. The minimum atomic E-state index is -3.61. The van der Waals surface area contributed by atoms with Gasteiger partial charge in [0.15, 0.2) is 0 Å². The van der Waals surface area contributed by atoms with Gasteiger partial charge in [-0.1, -0.05) is 0 Å². The highest BCUT2D eigenvalue weighted by atomic mass is 32.2. The summed E-state index contributed by atoms with van der Waals surface area (Å²) in [5.41, 5.74) is 0. The lowest BCUT2D eigenvalue weighted by atomic mass is 9.94. The van der Waals surface area contributed by atoms with Crippen LogP contribution in [-0.4, -0.2) is 25.7 Å². The predicted molar refractivity (Wildman–Crippen MR) is 44.5 cm³/mol.